The summed E-state index contributed by atoms with van der Waals surface area (Å²) in [7, 11) is 0. The van der Waals surface area contributed by atoms with Crippen LogP contribution in [0.15, 0.2) is 42.6 Å². The SMILES string of the molecule is O=C1OC2(CCN(C(=O)c3cccnc3Cl)CC2)CN1Cc1ccc(F)cc1. The quantitative estimate of drug-likeness (QED) is 0.736. The standard InChI is InChI=1S/C20H19ClFN3O3/c21-17-16(2-1-9-23-17)18(26)24-10-7-20(8-11-24)13-25(19(27)28-20)12-14-3-5-15(22)6-4-14/h1-6,9H,7-8,10-13H2. The number of rotatable bonds is 3. The number of amides is 2. The number of halogens is 2. The Morgan fingerprint density at radius 2 is 1.93 bits per heavy atom. The van der Waals surface area contributed by atoms with Gasteiger partial charge in [-0.05, 0) is 29.8 Å². The zero-order valence-corrected chi connectivity index (χ0v) is 15.9. The zero-order chi connectivity index (χ0) is 19.7. The second-order valence-corrected chi connectivity index (χ2v) is 7.53. The summed E-state index contributed by atoms with van der Waals surface area (Å²) in [6.45, 7) is 1.77. The molecule has 1 spiro atoms. The fourth-order valence-corrected chi connectivity index (χ4v) is 3.92. The Kier molecular flexibility index (Phi) is 4.93. The molecule has 28 heavy (non-hydrogen) atoms. The number of pyridine rings is 1. The van der Waals surface area contributed by atoms with Crippen molar-refractivity contribution < 1.29 is 18.7 Å². The largest absolute Gasteiger partial charge is 0.441 e. The van der Waals surface area contributed by atoms with Gasteiger partial charge < -0.3 is 9.64 Å². The second kappa shape index (κ2) is 7.39. The predicted molar refractivity (Wildman–Crippen MR) is 100 cm³/mol. The van der Waals surface area contributed by atoms with Crippen LogP contribution in [0.4, 0.5) is 9.18 Å². The van der Waals surface area contributed by atoms with Crippen LogP contribution >= 0.6 is 11.6 Å². The molecule has 3 heterocycles. The minimum atomic E-state index is -0.591. The molecule has 0 radical (unpaired) electrons. The Bertz CT molecular complexity index is 898. The highest BCUT2D eigenvalue weighted by Crippen LogP contribution is 2.34. The number of carbonyl (C=O) groups is 2. The number of nitrogens with zero attached hydrogens (tertiary/aromatic N) is 3. The van der Waals surface area contributed by atoms with Crippen LogP contribution in [0.1, 0.15) is 28.8 Å². The molecule has 0 aliphatic carbocycles. The smallest absolute Gasteiger partial charge is 0.410 e. The topological polar surface area (TPSA) is 62.7 Å². The summed E-state index contributed by atoms with van der Waals surface area (Å²) in [4.78, 5) is 32.3. The number of piperidine rings is 1. The Labute approximate surface area is 166 Å². The van der Waals surface area contributed by atoms with Crippen molar-refractivity contribution in [3.05, 3.63) is 64.7 Å². The molecular weight excluding hydrogens is 385 g/mol. The third-order valence-electron chi connectivity index (χ3n) is 5.28. The van der Waals surface area contributed by atoms with E-state index in [1.165, 1.54) is 18.3 Å². The maximum atomic E-state index is 13.1. The van der Waals surface area contributed by atoms with Crippen LogP contribution in [0.3, 0.4) is 0 Å². The van der Waals surface area contributed by atoms with E-state index in [1.54, 1.807) is 34.1 Å². The number of likely N-dealkylation sites (tertiary alicyclic amines) is 1. The van der Waals surface area contributed by atoms with Gasteiger partial charge in [0, 0.05) is 38.7 Å². The summed E-state index contributed by atoms with van der Waals surface area (Å²) < 4.78 is 18.8. The van der Waals surface area contributed by atoms with Crippen LogP contribution in [0.5, 0.6) is 0 Å². The normalized spacial score (nSPS) is 18.4. The molecule has 8 heteroatoms. The lowest BCUT2D eigenvalue weighted by Crippen LogP contribution is -2.48. The van der Waals surface area contributed by atoms with E-state index >= 15 is 0 Å². The van der Waals surface area contributed by atoms with E-state index < -0.39 is 5.60 Å². The summed E-state index contributed by atoms with van der Waals surface area (Å²) in [5, 5.41) is 0.186. The van der Waals surface area contributed by atoms with E-state index in [4.69, 9.17) is 16.3 Å². The first-order valence-electron chi connectivity index (χ1n) is 9.08. The van der Waals surface area contributed by atoms with Gasteiger partial charge in [-0.2, -0.15) is 0 Å². The molecule has 1 aromatic carbocycles. The number of hydrogen-bond donors (Lipinski definition) is 0. The minimum absolute atomic E-state index is 0.166. The Morgan fingerprint density at radius 3 is 2.61 bits per heavy atom. The maximum Gasteiger partial charge on any atom is 0.410 e. The van der Waals surface area contributed by atoms with Gasteiger partial charge >= 0.3 is 6.09 Å². The zero-order valence-electron chi connectivity index (χ0n) is 15.1. The van der Waals surface area contributed by atoms with Crippen LogP contribution in [0.25, 0.3) is 0 Å². The van der Waals surface area contributed by atoms with Crippen molar-refractivity contribution in [3.8, 4) is 0 Å². The van der Waals surface area contributed by atoms with Gasteiger partial charge in [0.25, 0.3) is 5.91 Å². The predicted octanol–water partition coefficient (Wildman–Crippen LogP) is 3.50. The molecule has 2 aliphatic heterocycles. The van der Waals surface area contributed by atoms with E-state index in [0.717, 1.165) is 5.56 Å². The van der Waals surface area contributed by atoms with Gasteiger partial charge in [0.2, 0.25) is 0 Å². The monoisotopic (exact) mass is 403 g/mol. The molecule has 0 atom stereocenters. The molecule has 2 fully saturated rings. The van der Waals surface area contributed by atoms with Crippen molar-refractivity contribution in [2.75, 3.05) is 19.6 Å². The molecule has 2 saturated heterocycles. The van der Waals surface area contributed by atoms with Crippen LogP contribution in [0.2, 0.25) is 5.15 Å². The average molecular weight is 404 g/mol. The van der Waals surface area contributed by atoms with Crippen molar-refractivity contribution >= 4 is 23.6 Å². The first kappa shape index (κ1) is 18.7. The van der Waals surface area contributed by atoms with Gasteiger partial charge in [-0.1, -0.05) is 23.7 Å². The lowest BCUT2D eigenvalue weighted by Gasteiger charge is -2.37. The van der Waals surface area contributed by atoms with Crippen molar-refractivity contribution in [1.29, 1.82) is 0 Å². The van der Waals surface area contributed by atoms with E-state index in [9.17, 15) is 14.0 Å². The van der Waals surface area contributed by atoms with Gasteiger partial charge in [-0.3, -0.25) is 9.69 Å². The molecule has 2 aromatic rings. The van der Waals surface area contributed by atoms with Gasteiger partial charge in [0.15, 0.2) is 0 Å². The van der Waals surface area contributed by atoms with E-state index in [-0.39, 0.29) is 23.0 Å². The summed E-state index contributed by atoms with van der Waals surface area (Å²) in [5.41, 5.74) is 0.628. The van der Waals surface area contributed by atoms with Gasteiger partial charge in [0.1, 0.15) is 16.6 Å². The van der Waals surface area contributed by atoms with Gasteiger partial charge in [-0.15, -0.1) is 0 Å². The lowest BCUT2D eigenvalue weighted by atomic mass is 9.91. The van der Waals surface area contributed by atoms with Crippen LogP contribution in [0, 0.1) is 5.82 Å². The van der Waals surface area contributed by atoms with Crippen LogP contribution in [-0.2, 0) is 11.3 Å². The summed E-state index contributed by atoms with van der Waals surface area (Å²) in [6, 6.07) is 9.40. The molecule has 6 nitrogen and oxygen atoms in total. The minimum Gasteiger partial charge on any atom is -0.441 e. The van der Waals surface area contributed by atoms with E-state index in [2.05, 4.69) is 4.98 Å². The van der Waals surface area contributed by atoms with Crippen molar-refractivity contribution in [1.82, 2.24) is 14.8 Å². The first-order chi connectivity index (χ1) is 13.5. The molecule has 0 saturated carbocycles. The number of ether oxygens (including phenoxy) is 1. The number of aromatic nitrogens is 1. The van der Waals surface area contributed by atoms with Gasteiger partial charge in [-0.25, -0.2) is 14.2 Å². The number of benzene rings is 1. The molecule has 0 bridgehead atoms. The molecule has 4 rings (SSSR count). The van der Waals surface area contributed by atoms with Crippen molar-refractivity contribution in [2.45, 2.75) is 25.0 Å². The molecule has 0 N–H and O–H groups in total. The van der Waals surface area contributed by atoms with Crippen molar-refractivity contribution in [3.63, 3.8) is 0 Å². The highest BCUT2D eigenvalue weighted by Gasteiger charge is 2.47. The van der Waals surface area contributed by atoms with Crippen molar-refractivity contribution in [2.24, 2.45) is 0 Å². The molecule has 0 unspecified atom stereocenters. The highest BCUT2D eigenvalue weighted by molar-refractivity contribution is 6.32. The van der Waals surface area contributed by atoms with Gasteiger partial charge in [0.05, 0.1) is 12.1 Å². The Balaban J connectivity index is 1.39. The number of carbonyl (C=O) groups excluding carboxylic acids is 2. The maximum absolute atomic E-state index is 13.1. The molecule has 2 aliphatic rings. The average Bonchev–Trinajstić information content (AvgIpc) is 2.99. The Hall–Kier alpha value is -2.67. The Morgan fingerprint density at radius 1 is 1.21 bits per heavy atom. The summed E-state index contributed by atoms with van der Waals surface area (Å²) in [6.07, 6.45) is 2.28. The molecule has 146 valence electrons. The molecule has 2 amide bonds. The highest BCUT2D eigenvalue weighted by atomic mass is 35.5. The van der Waals surface area contributed by atoms with Crippen LogP contribution < -0.4 is 0 Å². The van der Waals surface area contributed by atoms with Crippen LogP contribution in [-0.4, -0.2) is 52.0 Å². The fraction of sp³-hybridized carbons (Fsp3) is 0.350. The third kappa shape index (κ3) is 3.67. The van der Waals surface area contributed by atoms with E-state index in [1.807, 2.05) is 0 Å². The molecular formula is C20H19ClFN3O3. The van der Waals surface area contributed by atoms with E-state index in [0.29, 0.717) is 44.6 Å². The summed E-state index contributed by atoms with van der Waals surface area (Å²) in [5.74, 6) is -0.476. The number of hydrogen-bond acceptors (Lipinski definition) is 4. The summed E-state index contributed by atoms with van der Waals surface area (Å²) >= 11 is 6.03. The fourth-order valence-electron chi connectivity index (χ4n) is 3.72. The third-order valence-corrected chi connectivity index (χ3v) is 5.58. The first-order valence-corrected chi connectivity index (χ1v) is 9.46. The molecule has 1 aromatic heterocycles. The lowest BCUT2D eigenvalue weighted by molar-refractivity contribution is 0.00312. The second-order valence-electron chi connectivity index (χ2n) is 7.17.